The van der Waals surface area contributed by atoms with Crippen LogP contribution in [0.3, 0.4) is 0 Å². The van der Waals surface area contributed by atoms with Crippen molar-refractivity contribution >= 4 is 27.7 Å². The highest BCUT2D eigenvalue weighted by atomic mass is 32.2. The van der Waals surface area contributed by atoms with Gasteiger partial charge in [0.05, 0.1) is 12.2 Å². The second-order valence-electron chi connectivity index (χ2n) is 5.34. The number of carbonyl (C=O) groups excluding carboxylic acids is 1. The molecule has 0 aliphatic carbocycles. The number of sulfonamides is 1. The first kappa shape index (κ1) is 17.3. The smallest absolute Gasteiger partial charge is 0.224 e. The molecule has 22 heavy (non-hydrogen) atoms. The van der Waals surface area contributed by atoms with Crippen LogP contribution in [0.15, 0.2) is 24.3 Å². The minimum absolute atomic E-state index is 0.0305. The van der Waals surface area contributed by atoms with E-state index >= 15 is 0 Å². The van der Waals surface area contributed by atoms with E-state index in [0.717, 1.165) is 22.6 Å². The van der Waals surface area contributed by atoms with Crippen LogP contribution in [0.2, 0.25) is 0 Å². The van der Waals surface area contributed by atoms with E-state index in [0.29, 0.717) is 13.1 Å². The second kappa shape index (κ2) is 7.99. The van der Waals surface area contributed by atoms with Crippen LogP contribution in [-0.4, -0.2) is 55.5 Å². The van der Waals surface area contributed by atoms with Gasteiger partial charge in [0.25, 0.3) is 0 Å². The van der Waals surface area contributed by atoms with Gasteiger partial charge >= 0.3 is 0 Å². The third-order valence-electron chi connectivity index (χ3n) is 3.49. The molecule has 7 heteroatoms. The standard InChI is InChI=1S/C15H22N2O3S2/c1-13-3-2-4-14(11-13)12-15(18)16-5-10-22(19,20)17-6-8-21-9-7-17/h2-4,11H,5-10,12H2,1H3,(H,16,18). The first-order valence-corrected chi connectivity index (χ1v) is 10.1. The number of benzene rings is 1. The van der Waals surface area contributed by atoms with E-state index in [9.17, 15) is 13.2 Å². The van der Waals surface area contributed by atoms with Gasteiger partial charge in [-0.1, -0.05) is 29.8 Å². The highest BCUT2D eigenvalue weighted by molar-refractivity contribution is 7.99. The van der Waals surface area contributed by atoms with Crippen LogP contribution >= 0.6 is 11.8 Å². The van der Waals surface area contributed by atoms with E-state index in [1.165, 1.54) is 4.31 Å². The van der Waals surface area contributed by atoms with Crippen LogP contribution in [0.1, 0.15) is 11.1 Å². The molecule has 0 bridgehead atoms. The average Bonchev–Trinajstić information content (AvgIpc) is 2.48. The molecule has 2 rings (SSSR count). The van der Waals surface area contributed by atoms with Crippen molar-refractivity contribution in [3.05, 3.63) is 35.4 Å². The van der Waals surface area contributed by atoms with Gasteiger partial charge < -0.3 is 5.32 Å². The summed E-state index contributed by atoms with van der Waals surface area (Å²) in [6.07, 6.45) is 0.280. The zero-order valence-corrected chi connectivity index (χ0v) is 14.4. The Morgan fingerprint density at radius 3 is 2.73 bits per heavy atom. The molecule has 0 unspecified atom stereocenters. The van der Waals surface area contributed by atoms with Gasteiger partial charge in [0, 0.05) is 31.1 Å². The third-order valence-corrected chi connectivity index (χ3v) is 6.31. The fourth-order valence-corrected chi connectivity index (χ4v) is 4.83. The molecule has 1 N–H and O–H groups in total. The number of amides is 1. The molecule has 1 fully saturated rings. The molecule has 5 nitrogen and oxygen atoms in total. The van der Waals surface area contributed by atoms with E-state index in [4.69, 9.17) is 0 Å². The zero-order valence-electron chi connectivity index (χ0n) is 12.7. The van der Waals surface area contributed by atoms with Gasteiger partial charge in [0.15, 0.2) is 0 Å². The number of carbonyl (C=O) groups is 1. The van der Waals surface area contributed by atoms with Gasteiger partial charge in [0.2, 0.25) is 15.9 Å². The van der Waals surface area contributed by atoms with Crippen LogP contribution in [0.4, 0.5) is 0 Å². The normalized spacial score (nSPS) is 16.4. The molecular formula is C15H22N2O3S2. The molecule has 1 aromatic rings. The molecule has 1 heterocycles. The van der Waals surface area contributed by atoms with Gasteiger partial charge in [-0.05, 0) is 12.5 Å². The zero-order chi connectivity index (χ0) is 16.0. The molecule has 1 aliphatic heterocycles. The number of nitrogens with one attached hydrogen (secondary N) is 1. The Morgan fingerprint density at radius 2 is 2.05 bits per heavy atom. The Hall–Kier alpha value is -1.05. The summed E-state index contributed by atoms with van der Waals surface area (Å²) in [5, 5.41) is 2.70. The lowest BCUT2D eigenvalue weighted by atomic mass is 10.1. The van der Waals surface area contributed by atoms with E-state index < -0.39 is 10.0 Å². The lowest BCUT2D eigenvalue weighted by Gasteiger charge is -2.25. The Balaban J connectivity index is 1.76. The molecule has 1 saturated heterocycles. The van der Waals surface area contributed by atoms with Crippen LogP contribution in [0.5, 0.6) is 0 Å². The first-order chi connectivity index (χ1) is 10.5. The summed E-state index contributed by atoms with van der Waals surface area (Å²) in [5.74, 6) is 1.52. The van der Waals surface area contributed by atoms with E-state index in [1.807, 2.05) is 31.2 Å². The minimum Gasteiger partial charge on any atom is -0.355 e. The van der Waals surface area contributed by atoms with Crippen LogP contribution < -0.4 is 5.32 Å². The fourth-order valence-electron chi connectivity index (χ4n) is 2.34. The van der Waals surface area contributed by atoms with Crippen molar-refractivity contribution in [3.8, 4) is 0 Å². The van der Waals surface area contributed by atoms with Crippen molar-refractivity contribution in [2.75, 3.05) is 36.9 Å². The van der Waals surface area contributed by atoms with Gasteiger partial charge in [0.1, 0.15) is 0 Å². The van der Waals surface area contributed by atoms with E-state index in [-0.39, 0.29) is 24.6 Å². The lowest BCUT2D eigenvalue weighted by molar-refractivity contribution is -0.120. The molecule has 0 atom stereocenters. The first-order valence-electron chi connectivity index (χ1n) is 7.35. The Kier molecular flexibility index (Phi) is 6.28. The van der Waals surface area contributed by atoms with Gasteiger partial charge in [-0.25, -0.2) is 12.7 Å². The van der Waals surface area contributed by atoms with Crippen LogP contribution in [0.25, 0.3) is 0 Å². The van der Waals surface area contributed by atoms with Crippen molar-refractivity contribution < 1.29 is 13.2 Å². The number of hydrogen-bond donors (Lipinski definition) is 1. The predicted octanol–water partition coefficient (Wildman–Crippen LogP) is 1.03. The average molecular weight is 342 g/mol. The maximum Gasteiger partial charge on any atom is 0.224 e. The molecule has 1 aromatic carbocycles. The number of nitrogens with zero attached hydrogens (tertiary/aromatic N) is 1. The fraction of sp³-hybridized carbons (Fsp3) is 0.533. The minimum atomic E-state index is -3.25. The van der Waals surface area contributed by atoms with Gasteiger partial charge in [-0.2, -0.15) is 11.8 Å². The number of hydrogen-bond acceptors (Lipinski definition) is 4. The molecule has 1 aliphatic rings. The number of thioether (sulfide) groups is 1. The van der Waals surface area contributed by atoms with Crippen molar-refractivity contribution in [1.29, 1.82) is 0 Å². The maximum absolute atomic E-state index is 12.1. The largest absolute Gasteiger partial charge is 0.355 e. The molecule has 122 valence electrons. The lowest BCUT2D eigenvalue weighted by Crippen LogP contribution is -2.42. The van der Waals surface area contributed by atoms with Crippen LogP contribution in [0, 0.1) is 6.92 Å². The molecule has 0 radical (unpaired) electrons. The second-order valence-corrected chi connectivity index (χ2v) is 8.66. The molecule has 0 spiro atoms. The van der Waals surface area contributed by atoms with Gasteiger partial charge in [-0.15, -0.1) is 0 Å². The molecule has 0 saturated carbocycles. The van der Waals surface area contributed by atoms with Crippen molar-refractivity contribution in [2.45, 2.75) is 13.3 Å². The van der Waals surface area contributed by atoms with Gasteiger partial charge in [-0.3, -0.25) is 4.79 Å². The Labute approximate surface area is 136 Å². The summed E-state index contributed by atoms with van der Waals surface area (Å²) in [5.41, 5.74) is 2.05. The SMILES string of the molecule is Cc1cccc(CC(=O)NCCS(=O)(=O)N2CCSCC2)c1. The molecule has 1 amide bonds. The summed E-state index contributed by atoms with van der Waals surface area (Å²) >= 11 is 1.77. The van der Waals surface area contributed by atoms with Crippen molar-refractivity contribution in [3.63, 3.8) is 0 Å². The summed E-state index contributed by atoms with van der Waals surface area (Å²) in [4.78, 5) is 11.9. The number of aryl methyl sites for hydroxylation is 1. The summed E-state index contributed by atoms with van der Waals surface area (Å²) < 4.78 is 25.8. The van der Waals surface area contributed by atoms with E-state index in [1.54, 1.807) is 11.8 Å². The maximum atomic E-state index is 12.1. The summed E-state index contributed by atoms with van der Waals surface area (Å²) in [7, 11) is -3.25. The quantitative estimate of drug-likeness (QED) is 0.839. The summed E-state index contributed by atoms with van der Waals surface area (Å²) in [6, 6.07) is 7.75. The number of rotatable bonds is 6. The monoisotopic (exact) mass is 342 g/mol. The topological polar surface area (TPSA) is 66.5 Å². The highest BCUT2D eigenvalue weighted by Crippen LogP contribution is 2.13. The van der Waals surface area contributed by atoms with Crippen LogP contribution in [-0.2, 0) is 21.2 Å². The van der Waals surface area contributed by atoms with E-state index in [2.05, 4.69) is 5.32 Å². The Bertz CT molecular complexity index is 611. The van der Waals surface area contributed by atoms with Crippen molar-refractivity contribution in [1.82, 2.24) is 9.62 Å². The molecule has 0 aromatic heterocycles. The molecular weight excluding hydrogens is 320 g/mol. The van der Waals surface area contributed by atoms with Crippen molar-refractivity contribution in [2.24, 2.45) is 0 Å². The third kappa shape index (κ3) is 5.30. The summed E-state index contributed by atoms with van der Waals surface area (Å²) in [6.45, 7) is 3.29. The Morgan fingerprint density at radius 1 is 1.32 bits per heavy atom. The predicted molar refractivity (Wildman–Crippen MR) is 90.6 cm³/mol. The highest BCUT2D eigenvalue weighted by Gasteiger charge is 2.23.